The van der Waals surface area contributed by atoms with E-state index in [1.54, 1.807) is 19.1 Å². The molecule has 1 aliphatic carbocycles. The molecule has 0 unspecified atom stereocenters. The van der Waals surface area contributed by atoms with Gasteiger partial charge in [-0.25, -0.2) is 4.79 Å². The molecule has 2 aliphatic heterocycles. The Bertz CT molecular complexity index is 459. The summed E-state index contributed by atoms with van der Waals surface area (Å²) in [6, 6.07) is -1.19. The van der Waals surface area contributed by atoms with Gasteiger partial charge in [0.2, 0.25) is 0 Å². The minimum absolute atomic E-state index is 0.404. The van der Waals surface area contributed by atoms with Gasteiger partial charge in [0, 0.05) is 12.0 Å². The molecule has 0 aromatic carbocycles. The fourth-order valence-corrected chi connectivity index (χ4v) is 3.13. The van der Waals surface area contributed by atoms with Gasteiger partial charge >= 0.3 is 18.0 Å². The molecule has 0 aromatic heterocycles. The van der Waals surface area contributed by atoms with Crippen molar-refractivity contribution in [3.8, 4) is 0 Å². The lowest BCUT2D eigenvalue weighted by Gasteiger charge is -2.51. The zero-order valence-electron chi connectivity index (χ0n) is 10.5. The Kier molecular flexibility index (Phi) is 3.21. The number of nitrogens with zero attached hydrogens (tertiary/aromatic N) is 1. The topological polar surface area (TPSA) is 104 Å². The van der Waals surface area contributed by atoms with E-state index in [0.29, 0.717) is 0 Å². The van der Waals surface area contributed by atoms with E-state index in [2.05, 4.69) is 4.74 Å². The maximum Gasteiger partial charge on any atom is 0.410 e. The number of carbonyl (C=O) groups excluding carboxylic acids is 1. The molecule has 2 heterocycles. The van der Waals surface area contributed by atoms with E-state index < -0.39 is 47.9 Å². The predicted octanol–water partition coefficient (Wildman–Crippen LogP) is 0.413. The summed E-state index contributed by atoms with van der Waals surface area (Å²) in [4.78, 5) is 35.7. The fraction of sp³-hybridized carbons (Fsp3) is 0.583. The molecule has 3 aliphatic rings. The fourth-order valence-electron chi connectivity index (χ4n) is 3.13. The summed E-state index contributed by atoms with van der Waals surface area (Å²) in [7, 11) is 1.21. The largest absolute Gasteiger partial charge is 0.481 e. The molecule has 0 radical (unpaired) electrons. The maximum atomic E-state index is 11.7. The van der Waals surface area contributed by atoms with E-state index in [1.165, 1.54) is 12.0 Å². The van der Waals surface area contributed by atoms with Crippen LogP contribution < -0.4 is 0 Å². The smallest absolute Gasteiger partial charge is 0.410 e. The summed E-state index contributed by atoms with van der Waals surface area (Å²) in [6.45, 7) is 1.70. The Morgan fingerprint density at radius 1 is 1.11 bits per heavy atom. The highest BCUT2D eigenvalue weighted by Crippen LogP contribution is 2.43. The molecule has 0 saturated carbocycles. The number of piperidine rings is 1. The second kappa shape index (κ2) is 4.56. The minimum Gasteiger partial charge on any atom is -0.481 e. The number of hydrogen-bond donors (Lipinski definition) is 2. The lowest BCUT2D eigenvalue weighted by atomic mass is 9.66. The zero-order chi connectivity index (χ0) is 14.3. The van der Waals surface area contributed by atoms with Crippen LogP contribution in [0, 0.1) is 17.8 Å². The van der Waals surface area contributed by atoms with Crippen molar-refractivity contribution >= 4 is 18.0 Å². The molecule has 7 heteroatoms. The molecule has 2 bridgehead atoms. The van der Waals surface area contributed by atoms with Gasteiger partial charge in [-0.1, -0.05) is 12.2 Å². The van der Waals surface area contributed by atoms with Crippen LogP contribution in [0.1, 0.15) is 6.92 Å². The second-order valence-electron chi connectivity index (χ2n) is 4.80. The number of carboxylic acid groups (broad SMARTS) is 2. The van der Waals surface area contributed by atoms with Crippen LogP contribution in [0.25, 0.3) is 0 Å². The third-order valence-corrected chi connectivity index (χ3v) is 3.97. The van der Waals surface area contributed by atoms with E-state index in [-0.39, 0.29) is 0 Å². The standard InChI is InChI=1S/C12H15NO6/c1-5-6-3-4-7(13(5)12(18)19-2)9(11(16)17)8(6)10(14)15/h3-9H,1-2H3,(H,14,15)(H,16,17)/t5-,6+,7+,8-,9+/m0/s1. The van der Waals surface area contributed by atoms with E-state index >= 15 is 0 Å². The minimum atomic E-state index is -1.22. The summed E-state index contributed by atoms with van der Waals surface area (Å²) in [5.74, 6) is -5.07. The van der Waals surface area contributed by atoms with Gasteiger partial charge in [-0.2, -0.15) is 0 Å². The lowest BCUT2D eigenvalue weighted by Crippen LogP contribution is -2.64. The first-order valence-corrected chi connectivity index (χ1v) is 5.90. The number of aliphatic carboxylic acids is 2. The first kappa shape index (κ1) is 13.4. The van der Waals surface area contributed by atoms with Crippen molar-refractivity contribution in [3.05, 3.63) is 12.2 Å². The highest BCUT2D eigenvalue weighted by atomic mass is 16.5. The van der Waals surface area contributed by atoms with Crippen LogP contribution in [-0.2, 0) is 14.3 Å². The maximum absolute atomic E-state index is 11.7. The molecule has 1 fully saturated rings. The molecule has 3 rings (SSSR count). The number of fused-ring (bicyclic) bond motifs is 2. The Morgan fingerprint density at radius 2 is 1.68 bits per heavy atom. The predicted molar refractivity (Wildman–Crippen MR) is 62.4 cm³/mol. The first-order valence-electron chi connectivity index (χ1n) is 5.90. The quantitative estimate of drug-likeness (QED) is 0.704. The molecule has 0 spiro atoms. The number of rotatable bonds is 2. The van der Waals surface area contributed by atoms with Gasteiger partial charge < -0.3 is 14.9 Å². The van der Waals surface area contributed by atoms with Gasteiger partial charge in [-0.05, 0) is 6.92 Å². The summed E-state index contributed by atoms with van der Waals surface area (Å²) >= 11 is 0. The van der Waals surface area contributed by atoms with Crippen LogP contribution in [-0.4, -0.2) is 52.3 Å². The summed E-state index contributed by atoms with van der Waals surface area (Å²) in [5, 5.41) is 18.5. The Balaban J connectivity index is 2.45. The van der Waals surface area contributed by atoms with Crippen molar-refractivity contribution in [1.29, 1.82) is 0 Å². The highest BCUT2D eigenvalue weighted by molar-refractivity contribution is 5.84. The lowest BCUT2D eigenvalue weighted by molar-refractivity contribution is -0.164. The van der Waals surface area contributed by atoms with Crippen molar-refractivity contribution in [1.82, 2.24) is 4.90 Å². The Hall–Kier alpha value is -2.05. The molecular formula is C12H15NO6. The molecule has 5 atom stereocenters. The summed E-state index contributed by atoms with van der Waals surface area (Å²) < 4.78 is 4.65. The van der Waals surface area contributed by atoms with Crippen molar-refractivity contribution in [2.75, 3.05) is 7.11 Å². The second-order valence-corrected chi connectivity index (χ2v) is 4.80. The monoisotopic (exact) mass is 269 g/mol. The SMILES string of the molecule is COC(=O)N1[C@@H]2C=C[C@@H]([C@H](C(=O)O)[C@@H]2C(=O)O)[C@@H]1C. The Labute approximate surface area is 109 Å². The number of hydrogen-bond acceptors (Lipinski definition) is 4. The normalized spacial score (nSPS) is 36.1. The van der Waals surface area contributed by atoms with Crippen LogP contribution in [0.15, 0.2) is 12.2 Å². The van der Waals surface area contributed by atoms with Crippen LogP contribution in [0.5, 0.6) is 0 Å². The number of carbonyl (C=O) groups is 3. The van der Waals surface area contributed by atoms with Gasteiger partial charge in [0.1, 0.15) is 0 Å². The van der Waals surface area contributed by atoms with Crippen LogP contribution in [0.2, 0.25) is 0 Å². The van der Waals surface area contributed by atoms with Crippen LogP contribution in [0.4, 0.5) is 4.79 Å². The molecule has 2 N–H and O–H groups in total. The van der Waals surface area contributed by atoms with Gasteiger partial charge in [0.05, 0.1) is 25.0 Å². The third kappa shape index (κ3) is 1.85. The molecule has 1 amide bonds. The molecule has 1 saturated heterocycles. The zero-order valence-corrected chi connectivity index (χ0v) is 10.5. The van der Waals surface area contributed by atoms with E-state index in [4.69, 9.17) is 0 Å². The van der Waals surface area contributed by atoms with Crippen LogP contribution >= 0.6 is 0 Å². The average molecular weight is 269 g/mol. The molecule has 19 heavy (non-hydrogen) atoms. The third-order valence-electron chi connectivity index (χ3n) is 3.97. The number of carboxylic acids is 2. The number of methoxy groups -OCH3 is 1. The van der Waals surface area contributed by atoms with Gasteiger partial charge in [-0.15, -0.1) is 0 Å². The number of ether oxygens (including phenoxy) is 1. The van der Waals surface area contributed by atoms with Crippen LogP contribution in [0.3, 0.4) is 0 Å². The van der Waals surface area contributed by atoms with Gasteiger partial charge in [0.25, 0.3) is 0 Å². The van der Waals surface area contributed by atoms with E-state index in [0.717, 1.165) is 0 Å². The van der Waals surface area contributed by atoms with E-state index in [1.807, 2.05) is 0 Å². The van der Waals surface area contributed by atoms with Crippen molar-refractivity contribution < 1.29 is 29.3 Å². The molecule has 7 nitrogen and oxygen atoms in total. The van der Waals surface area contributed by atoms with Gasteiger partial charge in [-0.3, -0.25) is 14.5 Å². The first-order chi connectivity index (χ1) is 8.90. The molecular weight excluding hydrogens is 254 g/mol. The van der Waals surface area contributed by atoms with Crippen molar-refractivity contribution in [2.45, 2.75) is 19.0 Å². The molecule has 104 valence electrons. The average Bonchev–Trinajstić information content (AvgIpc) is 2.37. The Morgan fingerprint density at radius 3 is 2.16 bits per heavy atom. The van der Waals surface area contributed by atoms with Crippen molar-refractivity contribution in [2.24, 2.45) is 17.8 Å². The summed E-state index contributed by atoms with van der Waals surface area (Å²) in [6.07, 6.45) is 2.63. The van der Waals surface area contributed by atoms with Crippen molar-refractivity contribution in [3.63, 3.8) is 0 Å². The van der Waals surface area contributed by atoms with Gasteiger partial charge in [0.15, 0.2) is 0 Å². The number of amides is 1. The molecule has 0 aromatic rings. The highest BCUT2D eigenvalue weighted by Gasteiger charge is 2.56. The summed E-state index contributed by atoms with van der Waals surface area (Å²) in [5.41, 5.74) is 0. The van der Waals surface area contributed by atoms with E-state index in [9.17, 15) is 24.6 Å².